The summed E-state index contributed by atoms with van der Waals surface area (Å²) in [6.07, 6.45) is 0. The van der Waals surface area contributed by atoms with E-state index in [2.05, 4.69) is 191 Å². The Labute approximate surface area is 311 Å². The summed E-state index contributed by atoms with van der Waals surface area (Å²) in [5.41, 5.74) is 14.9. The van der Waals surface area contributed by atoms with E-state index in [-0.39, 0.29) is 0 Å². The number of rotatable bonds is 5. The van der Waals surface area contributed by atoms with Gasteiger partial charge in [-0.2, -0.15) is 0 Å². The van der Waals surface area contributed by atoms with Crippen LogP contribution in [0.2, 0.25) is 0 Å². The Bertz CT molecular complexity index is 3200. The summed E-state index contributed by atoms with van der Waals surface area (Å²) < 4.78 is 4.81. The van der Waals surface area contributed by atoms with Crippen LogP contribution in [0.3, 0.4) is 0 Å². The molecule has 0 atom stereocenters. The quantitative estimate of drug-likeness (QED) is 0.180. The minimum Gasteiger partial charge on any atom is -0.309 e. The Balaban J connectivity index is 1.10. The number of fused-ring (bicyclic) bond motifs is 8. The van der Waals surface area contributed by atoms with Gasteiger partial charge in [0.25, 0.3) is 0 Å². The molecule has 0 bridgehead atoms. The molecule has 4 heteroatoms. The third-order valence-corrected chi connectivity index (χ3v) is 10.7. The van der Waals surface area contributed by atoms with E-state index in [0.29, 0.717) is 0 Å². The maximum atomic E-state index is 5.27. The predicted octanol–water partition coefficient (Wildman–Crippen LogP) is 12.8. The molecule has 3 heterocycles. The first-order valence-corrected chi connectivity index (χ1v) is 18.3. The van der Waals surface area contributed by atoms with Crippen molar-refractivity contribution in [2.75, 3.05) is 0 Å². The van der Waals surface area contributed by atoms with Crippen LogP contribution in [0.15, 0.2) is 194 Å². The van der Waals surface area contributed by atoms with E-state index in [1.807, 2.05) is 12.1 Å². The van der Waals surface area contributed by atoms with Gasteiger partial charge in [0.05, 0.1) is 44.5 Å². The minimum absolute atomic E-state index is 0.866. The van der Waals surface area contributed by atoms with Crippen LogP contribution in [0.1, 0.15) is 0 Å². The fraction of sp³-hybridized carbons (Fsp3) is 0. The zero-order valence-electron chi connectivity index (χ0n) is 29.3. The summed E-state index contributed by atoms with van der Waals surface area (Å²) in [7, 11) is 0. The van der Waals surface area contributed by atoms with Crippen molar-refractivity contribution in [3.8, 4) is 45.0 Å². The Morgan fingerprint density at radius 1 is 0.296 bits per heavy atom. The van der Waals surface area contributed by atoms with E-state index >= 15 is 0 Å². The molecule has 0 radical (unpaired) electrons. The molecule has 0 saturated carbocycles. The van der Waals surface area contributed by atoms with Crippen LogP contribution in [0.25, 0.3) is 99.7 Å². The van der Waals surface area contributed by atoms with Crippen molar-refractivity contribution in [1.29, 1.82) is 0 Å². The summed E-state index contributed by atoms with van der Waals surface area (Å²) in [5, 5.41) is 5.03. The average molecular weight is 689 g/mol. The molecule has 0 unspecified atom stereocenters. The molecule has 11 rings (SSSR count). The first kappa shape index (κ1) is 30.3. The molecule has 0 aliphatic heterocycles. The van der Waals surface area contributed by atoms with Gasteiger partial charge in [-0.25, -0.2) is 9.97 Å². The second kappa shape index (κ2) is 12.1. The van der Waals surface area contributed by atoms with Gasteiger partial charge in [0.15, 0.2) is 0 Å². The van der Waals surface area contributed by atoms with Gasteiger partial charge in [0, 0.05) is 44.0 Å². The van der Waals surface area contributed by atoms with Crippen LogP contribution in [0.5, 0.6) is 0 Å². The smallest absolute Gasteiger partial charge is 0.0973 e. The van der Waals surface area contributed by atoms with Crippen LogP contribution in [0.4, 0.5) is 0 Å². The molecule has 0 amide bonds. The monoisotopic (exact) mass is 688 g/mol. The largest absolute Gasteiger partial charge is 0.309 e. The zero-order valence-corrected chi connectivity index (χ0v) is 29.3. The van der Waals surface area contributed by atoms with Crippen LogP contribution in [0, 0.1) is 0 Å². The molecule has 8 aromatic carbocycles. The molecule has 3 aromatic heterocycles. The van der Waals surface area contributed by atoms with Crippen LogP contribution in [-0.2, 0) is 0 Å². The number of hydrogen-bond acceptors (Lipinski definition) is 2. The topological polar surface area (TPSA) is 35.6 Å². The second-order valence-electron chi connectivity index (χ2n) is 13.8. The standard InChI is InChI=1S/C50H32N4/c1-4-15-33(16-5-1)49-50(34-17-6-2-7-18-34)52-42-32-36(27-28-41(42)51-49)35-19-14-22-38(31-35)54-44-26-13-11-24-40(44)48-46(54)30-29-45-47(48)39-23-10-12-25-43(39)53(45)37-20-8-3-9-21-37/h1-32H. The highest BCUT2D eigenvalue weighted by Crippen LogP contribution is 2.42. The summed E-state index contributed by atoms with van der Waals surface area (Å²) in [6, 6.07) is 68.8. The average Bonchev–Trinajstić information content (AvgIpc) is 3.77. The van der Waals surface area contributed by atoms with Crippen molar-refractivity contribution >= 4 is 54.6 Å². The molecule has 0 fully saturated rings. The highest BCUT2D eigenvalue weighted by molar-refractivity contribution is 6.28. The number of benzene rings is 8. The Kier molecular flexibility index (Phi) is 6.82. The lowest BCUT2D eigenvalue weighted by Crippen LogP contribution is -1.96. The third kappa shape index (κ3) is 4.70. The normalized spacial score (nSPS) is 11.7. The predicted molar refractivity (Wildman–Crippen MR) is 225 cm³/mol. The second-order valence-corrected chi connectivity index (χ2v) is 13.8. The van der Waals surface area contributed by atoms with Gasteiger partial charge < -0.3 is 9.13 Å². The summed E-state index contributed by atoms with van der Waals surface area (Å²) in [4.78, 5) is 10.5. The number of aromatic nitrogens is 4. The maximum Gasteiger partial charge on any atom is 0.0973 e. The van der Waals surface area contributed by atoms with Crippen LogP contribution >= 0.6 is 0 Å². The van der Waals surface area contributed by atoms with E-state index < -0.39 is 0 Å². The SMILES string of the molecule is c1ccc(-c2nc3ccc(-c4cccc(-n5c6ccccc6c6c7c8ccccc8n(-c8ccccc8)c7ccc65)c4)cc3nc2-c2ccccc2)cc1. The molecule has 0 aliphatic rings. The van der Waals surface area contributed by atoms with Crippen molar-refractivity contribution in [3.05, 3.63) is 194 Å². The third-order valence-electron chi connectivity index (χ3n) is 10.7. The van der Waals surface area contributed by atoms with Crippen molar-refractivity contribution in [2.24, 2.45) is 0 Å². The molecular formula is C50H32N4. The molecule has 0 spiro atoms. The molecule has 4 nitrogen and oxygen atoms in total. The number of hydrogen-bond donors (Lipinski definition) is 0. The molecule has 0 N–H and O–H groups in total. The van der Waals surface area contributed by atoms with Crippen molar-refractivity contribution in [1.82, 2.24) is 19.1 Å². The maximum absolute atomic E-state index is 5.27. The van der Waals surface area contributed by atoms with Crippen molar-refractivity contribution in [3.63, 3.8) is 0 Å². The van der Waals surface area contributed by atoms with Gasteiger partial charge in [0.2, 0.25) is 0 Å². The summed E-state index contributed by atoms with van der Waals surface area (Å²) in [6.45, 7) is 0. The molecular weight excluding hydrogens is 657 g/mol. The van der Waals surface area contributed by atoms with Gasteiger partial charge in [-0.05, 0) is 71.8 Å². The van der Waals surface area contributed by atoms with Crippen LogP contribution in [-0.4, -0.2) is 19.1 Å². The zero-order chi connectivity index (χ0) is 35.6. The lowest BCUT2D eigenvalue weighted by atomic mass is 10.0. The van der Waals surface area contributed by atoms with Gasteiger partial charge in [-0.3, -0.25) is 0 Å². The van der Waals surface area contributed by atoms with E-state index in [9.17, 15) is 0 Å². The van der Waals surface area contributed by atoms with Crippen LogP contribution < -0.4 is 0 Å². The molecule has 11 aromatic rings. The fourth-order valence-electron chi connectivity index (χ4n) is 8.30. The first-order chi connectivity index (χ1) is 26.8. The van der Waals surface area contributed by atoms with Gasteiger partial charge in [0.1, 0.15) is 0 Å². The fourth-order valence-corrected chi connectivity index (χ4v) is 8.30. The molecule has 0 saturated heterocycles. The van der Waals surface area contributed by atoms with E-state index in [0.717, 1.165) is 56.0 Å². The van der Waals surface area contributed by atoms with Crippen molar-refractivity contribution < 1.29 is 0 Å². The highest BCUT2D eigenvalue weighted by atomic mass is 15.0. The highest BCUT2D eigenvalue weighted by Gasteiger charge is 2.21. The molecule has 54 heavy (non-hydrogen) atoms. The Morgan fingerprint density at radius 3 is 1.37 bits per heavy atom. The summed E-state index contributed by atoms with van der Waals surface area (Å²) >= 11 is 0. The molecule has 252 valence electrons. The van der Waals surface area contributed by atoms with Gasteiger partial charge in [-0.1, -0.05) is 133 Å². The number of para-hydroxylation sites is 3. The minimum atomic E-state index is 0.866. The lowest BCUT2D eigenvalue weighted by Gasteiger charge is -2.13. The van der Waals surface area contributed by atoms with Crippen molar-refractivity contribution in [2.45, 2.75) is 0 Å². The molecule has 0 aliphatic carbocycles. The van der Waals surface area contributed by atoms with Gasteiger partial charge in [-0.15, -0.1) is 0 Å². The van der Waals surface area contributed by atoms with E-state index in [1.54, 1.807) is 0 Å². The summed E-state index contributed by atoms with van der Waals surface area (Å²) in [5.74, 6) is 0. The Hall–Kier alpha value is -7.30. The number of nitrogens with zero attached hydrogens (tertiary/aromatic N) is 4. The lowest BCUT2D eigenvalue weighted by molar-refractivity contribution is 1.17. The van der Waals surface area contributed by atoms with E-state index in [1.165, 1.54) is 43.6 Å². The van der Waals surface area contributed by atoms with E-state index in [4.69, 9.17) is 9.97 Å². The first-order valence-electron chi connectivity index (χ1n) is 18.3. The van der Waals surface area contributed by atoms with Gasteiger partial charge >= 0.3 is 0 Å². The Morgan fingerprint density at radius 2 is 0.759 bits per heavy atom.